The van der Waals surface area contributed by atoms with Gasteiger partial charge in [0.15, 0.2) is 11.6 Å². The third-order valence-electron chi connectivity index (χ3n) is 7.98. The number of hydrogen-bond acceptors (Lipinski definition) is 4. The Labute approximate surface area is 259 Å². The molecule has 0 spiro atoms. The lowest BCUT2D eigenvalue weighted by atomic mass is 9.97. The van der Waals surface area contributed by atoms with Crippen LogP contribution in [-0.4, -0.2) is 19.5 Å². The number of rotatable bonds is 4. The monoisotopic (exact) mass is 569 g/mol. The van der Waals surface area contributed by atoms with Crippen LogP contribution in [0.2, 0.25) is 0 Å². The summed E-state index contributed by atoms with van der Waals surface area (Å²) >= 11 is 0. The van der Waals surface area contributed by atoms with Crippen LogP contribution in [0.1, 0.15) is 6.85 Å². The summed E-state index contributed by atoms with van der Waals surface area (Å²) in [5.41, 5.74) is 5.59. The predicted molar refractivity (Wildman–Crippen MR) is 178 cm³/mol. The van der Waals surface area contributed by atoms with Gasteiger partial charge in [-0.3, -0.25) is 4.57 Å². The fraction of sp³-hybridized carbons (Fsp3) is 0. The van der Waals surface area contributed by atoms with E-state index in [0.717, 1.165) is 43.7 Å². The fourth-order valence-corrected chi connectivity index (χ4v) is 6.11. The fourth-order valence-electron chi connectivity index (χ4n) is 6.11. The molecule has 9 rings (SSSR count). The molecule has 0 aliphatic heterocycles. The van der Waals surface area contributed by atoms with Gasteiger partial charge in [-0.1, -0.05) is 121 Å². The van der Waals surface area contributed by atoms with Crippen LogP contribution in [0.15, 0.2) is 150 Å². The topological polar surface area (TPSA) is 56.7 Å². The largest absolute Gasteiger partial charge is 0.456 e. The van der Waals surface area contributed by atoms with Crippen LogP contribution in [0.25, 0.3) is 83.6 Å². The Morgan fingerprint density at radius 2 is 1.09 bits per heavy atom. The third-order valence-corrected chi connectivity index (χ3v) is 7.98. The summed E-state index contributed by atoms with van der Waals surface area (Å²) in [6, 6.07) is 35.4. The zero-order valence-electron chi connectivity index (χ0n) is 28.2. The molecule has 206 valence electrons. The number of hydrogen-bond donors (Lipinski definition) is 0. The van der Waals surface area contributed by atoms with Gasteiger partial charge in [0.05, 0.1) is 17.9 Å². The number of fused-ring (bicyclic) bond motifs is 6. The second kappa shape index (κ2) is 9.75. The van der Waals surface area contributed by atoms with Gasteiger partial charge in [0.2, 0.25) is 5.95 Å². The Hall–Kier alpha value is -6.07. The van der Waals surface area contributed by atoms with E-state index in [1.165, 1.54) is 0 Å². The maximum Gasteiger partial charge on any atom is 0.238 e. The first-order valence-electron chi connectivity index (χ1n) is 16.7. The number of nitrogens with zero attached hydrogens (tertiary/aromatic N) is 4. The maximum atomic E-state index is 8.80. The smallest absolute Gasteiger partial charge is 0.238 e. The first-order chi connectivity index (χ1) is 23.9. The Balaban J connectivity index is 1.42. The molecule has 0 saturated heterocycles. The number of furan rings is 1. The van der Waals surface area contributed by atoms with Crippen molar-refractivity contribution in [2.24, 2.45) is 0 Å². The van der Waals surface area contributed by atoms with Crippen LogP contribution >= 0.6 is 0 Å². The van der Waals surface area contributed by atoms with Gasteiger partial charge in [-0.05, 0) is 35.4 Å². The molecule has 3 aromatic heterocycles. The van der Waals surface area contributed by atoms with Crippen LogP contribution in [0.5, 0.6) is 0 Å². The van der Waals surface area contributed by atoms with Crippen molar-refractivity contribution in [3.8, 4) is 39.9 Å². The summed E-state index contributed by atoms with van der Waals surface area (Å²) in [4.78, 5) is 14.8. The van der Waals surface area contributed by atoms with Crippen molar-refractivity contribution in [3.05, 3.63) is 145 Å². The number of benzene rings is 6. The average Bonchev–Trinajstić information content (AvgIpc) is 3.70. The average molecular weight is 570 g/mol. The summed E-state index contributed by atoms with van der Waals surface area (Å²) in [5.74, 6) is 0.481. The molecule has 0 fully saturated rings. The van der Waals surface area contributed by atoms with E-state index in [1.807, 2.05) is 102 Å². The normalized spacial score (nSPS) is 13.2. The predicted octanol–water partition coefficient (Wildman–Crippen LogP) is 9.87. The quantitative estimate of drug-likeness (QED) is 0.212. The van der Waals surface area contributed by atoms with Crippen LogP contribution in [-0.2, 0) is 0 Å². The molecule has 5 nitrogen and oxygen atoms in total. The van der Waals surface area contributed by atoms with Crippen molar-refractivity contribution in [3.63, 3.8) is 0 Å². The Morgan fingerprint density at radius 1 is 0.500 bits per heavy atom. The van der Waals surface area contributed by atoms with E-state index in [2.05, 4.69) is 18.2 Å². The molecule has 0 aliphatic rings. The standard InChI is InChI=1S/C39H24N4O/c1-3-13-25(14-4-1)27-19-11-23-33-35(27)36-30(20-12-24-34(36)44-33)38-40-37(26-15-5-2-6-16-26)41-39(42-38)43-31-21-9-7-17-28(31)29-18-8-10-22-32(29)43/h1-24H/i2D,5D,6D,15D,16D. The van der Waals surface area contributed by atoms with Crippen molar-refractivity contribution in [2.75, 3.05) is 0 Å². The van der Waals surface area contributed by atoms with E-state index in [4.69, 9.17) is 26.2 Å². The molecule has 0 N–H and O–H groups in total. The first-order valence-corrected chi connectivity index (χ1v) is 14.2. The SMILES string of the molecule is [2H]c1c([2H])c([2H])c(-c2nc(-c3cccc4oc5cccc(-c6ccccc6)c5c34)nc(-n3c4ccccc4c4ccccc43)n2)c([2H])c1[2H]. The van der Waals surface area contributed by atoms with Gasteiger partial charge >= 0.3 is 0 Å². The van der Waals surface area contributed by atoms with E-state index in [1.54, 1.807) is 0 Å². The zero-order chi connectivity index (χ0) is 33.4. The molecule has 3 heterocycles. The minimum absolute atomic E-state index is 0.0352. The van der Waals surface area contributed by atoms with Crippen LogP contribution in [0.4, 0.5) is 0 Å². The number of aromatic nitrogens is 4. The molecule has 0 bridgehead atoms. The van der Waals surface area contributed by atoms with Gasteiger partial charge in [0, 0.05) is 32.7 Å². The molecule has 0 aliphatic carbocycles. The zero-order valence-corrected chi connectivity index (χ0v) is 23.2. The van der Waals surface area contributed by atoms with Gasteiger partial charge < -0.3 is 4.42 Å². The molecule has 9 aromatic rings. The molecule has 0 unspecified atom stereocenters. The second-order valence-corrected chi connectivity index (χ2v) is 10.5. The van der Waals surface area contributed by atoms with E-state index in [0.29, 0.717) is 16.7 Å². The molecule has 0 atom stereocenters. The summed E-state index contributed by atoms with van der Waals surface area (Å²) in [6.07, 6.45) is 0. The molecule has 0 radical (unpaired) electrons. The number of para-hydroxylation sites is 2. The molecule has 0 saturated carbocycles. The second-order valence-electron chi connectivity index (χ2n) is 10.5. The van der Waals surface area contributed by atoms with Gasteiger partial charge in [0.25, 0.3) is 0 Å². The Kier molecular flexibility index (Phi) is 4.42. The van der Waals surface area contributed by atoms with Crippen molar-refractivity contribution >= 4 is 43.7 Å². The highest BCUT2D eigenvalue weighted by molar-refractivity contribution is 6.17. The highest BCUT2D eigenvalue weighted by Gasteiger charge is 2.21. The molecular formula is C39H24N4O. The van der Waals surface area contributed by atoms with Crippen LogP contribution in [0, 0.1) is 0 Å². The third kappa shape index (κ3) is 3.76. The highest BCUT2D eigenvalue weighted by Crippen LogP contribution is 2.41. The Morgan fingerprint density at radius 3 is 1.80 bits per heavy atom. The van der Waals surface area contributed by atoms with Gasteiger partial charge in [-0.25, -0.2) is 4.98 Å². The minimum atomic E-state index is -0.487. The lowest BCUT2D eigenvalue weighted by Crippen LogP contribution is -2.06. The molecular weight excluding hydrogens is 540 g/mol. The lowest BCUT2D eigenvalue weighted by Gasteiger charge is -2.11. The summed E-state index contributed by atoms with van der Waals surface area (Å²) in [5, 5.41) is 3.69. The van der Waals surface area contributed by atoms with Gasteiger partial charge in [0.1, 0.15) is 11.2 Å². The summed E-state index contributed by atoms with van der Waals surface area (Å²) < 4.78 is 50.9. The van der Waals surface area contributed by atoms with Crippen LogP contribution < -0.4 is 0 Å². The molecule has 44 heavy (non-hydrogen) atoms. The van der Waals surface area contributed by atoms with Crippen LogP contribution in [0.3, 0.4) is 0 Å². The molecule has 0 amide bonds. The van der Waals surface area contributed by atoms with Crippen molar-refractivity contribution < 1.29 is 11.3 Å². The Bertz CT molecular complexity index is 2710. The summed E-state index contributed by atoms with van der Waals surface area (Å²) in [7, 11) is 0. The van der Waals surface area contributed by atoms with Crippen molar-refractivity contribution in [1.29, 1.82) is 0 Å². The first kappa shape index (κ1) is 19.9. The summed E-state index contributed by atoms with van der Waals surface area (Å²) in [6.45, 7) is 0. The van der Waals surface area contributed by atoms with E-state index < -0.39 is 30.2 Å². The molecule has 5 heteroatoms. The van der Waals surface area contributed by atoms with Gasteiger partial charge in [-0.2, -0.15) is 9.97 Å². The maximum absolute atomic E-state index is 8.80. The van der Waals surface area contributed by atoms with Gasteiger partial charge in [-0.15, -0.1) is 0 Å². The van der Waals surface area contributed by atoms with Crippen molar-refractivity contribution in [2.45, 2.75) is 0 Å². The van der Waals surface area contributed by atoms with E-state index in [9.17, 15) is 0 Å². The minimum Gasteiger partial charge on any atom is -0.456 e. The lowest BCUT2D eigenvalue weighted by molar-refractivity contribution is 0.669. The van der Waals surface area contributed by atoms with E-state index >= 15 is 0 Å². The molecule has 6 aromatic carbocycles. The van der Waals surface area contributed by atoms with Crippen molar-refractivity contribution in [1.82, 2.24) is 19.5 Å². The van der Waals surface area contributed by atoms with E-state index in [-0.39, 0.29) is 23.2 Å². The highest BCUT2D eigenvalue weighted by atomic mass is 16.3.